The third kappa shape index (κ3) is 4.95. The van der Waals surface area contributed by atoms with Crippen molar-refractivity contribution in [1.29, 1.82) is 0 Å². The zero-order valence-corrected chi connectivity index (χ0v) is 30.1. The second-order valence-electron chi connectivity index (χ2n) is 14.6. The maximum atomic E-state index is 6.92. The highest BCUT2D eigenvalue weighted by Crippen LogP contribution is 2.51. The summed E-state index contributed by atoms with van der Waals surface area (Å²) in [5.74, 6) is 2.42. The van der Waals surface area contributed by atoms with Gasteiger partial charge in [-0.05, 0) is 64.2 Å². The Kier molecular flexibility index (Phi) is 6.79. The normalized spacial score (nSPS) is 13.1. The molecule has 11 rings (SSSR count). The van der Waals surface area contributed by atoms with E-state index in [2.05, 4.69) is 74.5 Å². The molecule has 6 nitrogen and oxygen atoms in total. The highest BCUT2D eigenvalue weighted by molar-refractivity contribution is 6.13. The SMILES string of the molecule is CC1(C)c2cc(-c3cccc4c3oc3c(-c5nc(-c6ccccc6)nc(-c6ccccc6)n5)cccc34)ccc2-c2cc3nc(-c4ccccc4)oc3cc21. The molecule has 3 heterocycles. The lowest BCUT2D eigenvalue weighted by molar-refractivity contribution is 0.614. The van der Waals surface area contributed by atoms with E-state index in [1.165, 1.54) is 22.3 Å². The van der Waals surface area contributed by atoms with Crippen LogP contribution in [0.15, 0.2) is 167 Å². The number of hydrogen-bond acceptors (Lipinski definition) is 6. The van der Waals surface area contributed by atoms with E-state index in [4.69, 9.17) is 28.8 Å². The quantitative estimate of drug-likeness (QED) is 0.177. The summed E-state index contributed by atoms with van der Waals surface area (Å²) in [6.07, 6.45) is 0. The fraction of sp³-hybridized carbons (Fsp3) is 0.0612. The second-order valence-corrected chi connectivity index (χ2v) is 14.6. The molecule has 260 valence electrons. The average Bonchev–Trinajstić information content (AvgIpc) is 3.91. The third-order valence-electron chi connectivity index (χ3n) is 11.0. The molecule has 0 aliphatic heterocycles. The van der Waals surface area contributed by atoms with Crippen LogP contribution in [0.3, 0.4) is 0 Å². The van der Waals surface area contributed by atoms with Crippen molar-refractivity contribution in [2.45, 2.75) is 19.3 Å². The number of benzene rings is 7. The fourth-order valence-electron chi connectivity index (χ4n) is 8.18. The van der Waals surface area contributed by atoms with E-state index < -0.39 is 0 Å². The molecule has 6 heteroatoms. The Balaban J connectivity index is 1.04. The lowest BCUT2D eigenvalue weighted by atomic mass is 9.81. The number of aromatic nitrogens is 4. The number of rotatable bonds is 5. The number of furan rings is 1. The number of fused-ring (bicyclic) bond motifs is 7. The van der Waals surface area contributed by atoms with E-state index in [0.717, 1.165) is 66.4 Å². The van der Waals surface area contributed by atoms with Gasteiger partial charge in [0.2, 0.25) is 5.89 Å². The molecule has 0 saturated heterocycles. The molecule has 0 unspecified atom stereocenters. The summed E-state index contributed by atoms with van der Waals surface area (Å²) in [5.41, 5.74) is 13.6. The summed E-state index contributed by atoms with van der Waals surface area (Å²) in [6.45, 7) is 4.58. The first-order valence-corrected chi connectivity index (χ1v) is 18.5. The zero-order valence-electron chi connectivity index (χ0n) is 30.1. The third-order valence-corrected chi connectivity index (χ3v) is 11.0. The van der Waals surface area contributed by atoms with Gasteiger partial charge in [0.25, 0.3) is 0 Å². The van der Waals surface area contributed by atoms with Gasteiger partial charge in [-0.2, -0.15) is 0 Å². The summed E-state index contributed by atoms with van der Waals surface area (Å²) in [5, 5.41) is 2.05. The number of hydrogen-bond donors (Lipinski definition) is 0. The highest BCUT2D eigenvalue weighted by atomic mass is 16.3. The molecule has 3 aromatic heterocycles. The lowest BCUT2D eigenvalue weighted by Gasteiger charge is -2.22. The fourth-order valence-corrected chi connectivity index (χ4v) is 8.18. The van der Waals surface area contributed by atoms with E-state index in [9.17, 15) is 0 Å². The highest BCUT2D eigenvalue weighted by Gasteiger charge is 2.37. The molecule has 1 aliphatic carbocycles. The summed E-state index contributed by atoms with van der Waals surface area (Å²) < 4.78 is 13.2. The largest absolute Gasteiger partial charge is 0.455 e. The minimum atomic E-state index is -0.255. The van der Waals surface area contributed by atoms with Crippen LogP contribution in [0, 0.1) is 0 Å². The molecule has 0 amide bonds. The Morgan fingerprint density at radius 3 is 1.62 bits per heavy atom. The summed E-state index contributed by atoms with van der Waals surface area (Å²) in [4.78, 5) is 19.8. The molecule has 0 atom stereocenters. The van der Waals surface area contributed by atoms with Crippen molar-refractivity contribution in [1.82, 2.24) is 19.9 Å². The van der Waals surface area contributed by atoms with E-state index in [1.807, 2.05) is 97.1 Å². The van der Waals surface area contributed by atoms with Gasteiger partial charge in [-0.1, -0.05) is 135 Å². The summed E-state index contributed by atoms with van der Waals surface area (Å²) in [7, 11) is 0. The van der Waals surface area contributed by atoms with Crippen molar-refractivity contribution < 1.29 is 8.83 Å². The Bertz CT molecular complexity index is 3050. The van der Waals surface area contributed by atoms with Crippen molar-refractivity contribution in [3.8, 4) is 67.9 Å². The molecular weight excluding hydrogens is 677 g/mol. The lowest BCUT2D eigenvalue weighted by Crippen LogP contribution is -2.15. The van der Waals surface area contributed by atoms with Crippen molar-refractivity contribution in [3.63, 3.8) is 0 Å². The Morgan fingerprint density at radius 1 is 0.400 bits per heavy atom. The molecule has 0 saturated carbocycles. The van der Waals surface area contributed by atoms with E-state index in [-0.39, 0.29) is 5.41 Å². The monoisotopic (exact) mass is 708 g/mol. The maximum Gasteiger partial charge on any atom is 0.227 e. The van der Waals surface area contributed by atoms with Crippen molar-refractivity contribution in [3.05, 3.63) is 169 Å². The van der Waals surface area contributed by atoms with Crippen molar-refractivity contribution in [2.24, 2.45) is 0 Å². The van der Waals surface area contributed by atoms with Gasteiger partial charge in [0, 0.05) is 38.4 Å². The Hall–Kier alpha value is -7.18. The molecule has 7 aromatic carbocycles. The molecule has 0 fully saturated rings. The molecule has 1 aliphatic rings. The predicted molar refractivity (Wildman–Crippen MR) is 219 cm³/mol. The predicted octanol–water partition coefficient (Wildman–Crippen LogP) is 12.6. The zero-order chi connectivity index (χ0) is 36.7. The van der Waals surface area contributed by atoms with Crippen molar-refractivity contribution in [2.75, 3.05) is 0 Å². The van der Waals surface area contributed by atoms with Gasteiger partial charge in [0.15, 0.2) is 23.1 Å². The van der Waals surface area contributed by atoms with E-state index in [1.54, 1.807) is 0 Å². The van der Waals surface area contributed by atoms with Crippen LogP contribution in [0.4, 0.5) is 0 Å². The van der Waals surface area contributed by atoms with Crippen LogP contribution in [0.5, 0.6) is 0 Å². The van der Waals surface area contributed by atoms with E-state index in [0.29, 0.717) is 23.4 Å². The first-order valence-electron chi connectivity index (χ1n) is 18.5. The van der Waals surface area contributed by atoms with Crippen LogP contribution in [0.1, 0.15) is 25.0 Å². The minimum Gasteiger partial charge on any atom is -0.455 e. The first kappa shape index (κ1) is 31.4. The van der Waals surface area contributed by atoms with Gasteiger partial charge >= 0.3 is 0 Å². The number of oxazole rings is 1. The summed E-state index contributed by atoms with van der Waals surface area (Å²) >= 11 is 0. The van der Waals surface area contributed by atoms with Gasteiger partial charge in [-0.3, -0.25) is 0 Å². The first-order chi connectivity index (χ1) is 27.0. The van der Waals surface area contributed by atoms with Gasteiger partial charge in [-0.25, -0.2) is 19.9 Å². The number of nitrogens with zero attached hydrogens (tertiary/aromatic N) is 4. The molecule has 0 radical (unpaired) electrons. The molecule has 55 heavy (non-hydrogen) atoms. The van der Waals surface area contributed by atoms with Crippen LogP contribution in [-0.2, 0) is 5.41 Å². The smallest absolute Gasteiger partial charge is 0.227 e. The maximum absolute atomic E-state index is 6.92. The molecular formula is C49H32N4O2. The van der Waals surface area contributed by atoms with Crippen LogP contribution in [0.25, 0.3) is 101 Å². The molecule has 0 bridgehead atoms. The summed E-state index contributed by atoms with van der Waals surface area (Å²) in [6, 6.07) is 53.9. The van der Waals surface area contributed by atoms with Gasteiger partial charge in [0.05, 0.1) is 5.56 Å². The number of para-hydroxylation sites is 2. The van der Waals surface area contributed by atoms with Crippen LogP contribution >= 0.6 is 0 Å². The Morgan fingerprint density at radius 2 is 0.964 bits per heavy atom. The van der Waals surface area contributed by atoms with Crippen molar-refractivity contribution >= 4 is 33.0 Å². The van der Waals surface area contributed by atoms with Crippen LogP contribution < -0.4 is 0 Å². The van der Waals surface area contributed by atoms with Gasteiger partial charge in [0.1, 0.15) is 16.7 Å². The minimum absolute atomic E-state index is 0.255. The molecule has 0 spiro atoms. The standard InChI is InChI=1S/C49H32N4O2/c1-49(2)39-26-32(24-25-34(39)38-27-41-42(28-40(38)49)54-48(50-41)31-18-10-5-11-19-31)33-20-12-21-35-36-22-13-23-37(44(36)55-43(33)35)47-52-45(29-14-6-3-7-15-29)51-46(53-47)30-16-8-4-9-17-30/h3-28H,1-2H3. The van der Waals surface area contributed by atoms with Gasteiger partial charge < -0.3 is 8.83 Å². The average molecular weight is 709 g/mol. The van der Waals surface area contributed by atoms with Crippen LogP contribution in [0.2, 0.25) is 0 Å². The van der Waals surface area contributed by atoms with Crippen LogP contribution in [-0.4, -0.2) is 19.9 Å². The Labute approximate surface area is 316 Å². The molecule has 0 N–H and O–H groups in total. The topological polar surface area (TPSA) is 77.8 Å². The second kappa shape index (κ2) is 11.9. The van der Waals surface area contributed by atoms with E-state index >= 15 is 0 Å². The molecule has 10 aromatic rings. The van der Waals surface area contributed by atoms with Gasteiger partial charge in [-0.15, -0.1) is 0 Å².